The van der Waals surface area contributed by atoms with Gasteiger partial charge in [-0.2, -0.15) is 0 Å². The molecule has 0 aromatic heterocycles. The first-order valence-corrected chi connectivity index (χ1v) is 31.7. The summed E-state index contributed by atoms with van der Waals surface area (Å²) >= 11 is 0. The van der Waals surface area contributed by atoms with E-state index in [4.69, 9.17) is 56.8 Å². The van der Waals surface area contributed by atoms with Crippen LogP contribution in [0.25, 0.3) is 0 Å². The van der Waals surface area contributed by atoms with Gasteiger partial charge < -0.3 is 97.7 Å². The number of phenolic OH excluding ortho intramolecular Hbond substituents is 8. The summed E-state index contributed by atoms with van der Waals surface area (Å²) in [5, 5.41) is 78.8. The molecule has 8 rings (SSSR count). The molecule has 24 nitrogen and oxygen atoms in total. The summed E-state index contributed by atoms with van der Waals surface area (Å²) in [7, 11) is 12.4. The number of rotatable bonds is 34. The van der Waals surface area contributed by atoms with Gasteiger partial charge in [0.1, 0.15) is 46.0 Å². The number of methoxy groups -OCH3 is 8. The molecule has 0 radical (unpaired) electrons. The van der Waals surface area contributed by atoms with E-state index in [0.29, 0.717) is 97.4 Å². The summed E-state index contributed by atoms with van der Waals surface area (Å²) < 4.78 is 66.4. The van der Waals surface area contributed by atoms with Crippen LogP contribution in [0.4, 0.5) is 0 Å². The van der Waals surface area contributed by atoms with Gasteiger partial charge in [-0.25, -0.2) is 19.2 Å². The van der Waals surface area contributed by atoms with Crippen molar-refractivity contribution >= 4 is 23.9 Å². The Hall–Kier alpha value is -11.6. The lowest BCUT2D eigenvalue weighted by Crippen LogP contribution is -2.27. The molecule has 0 unspecified atom stereocenters. The Morgan fingerprint density at radius 1 is 0.270 bits per heavy atom. The number of phenols is 8. The van der Waals surface area contributed by atoms with E-state index in [0.717, 1.165) is 46.5 Å². The minimum absolute atomic E-state index is 0.00583. The van der Waals surface area contributed by atoms with E-state index in [1.807, 2.05) is 60.7 Å². The molecule has 100 heavy (non-hydrogen) atoms. The summed E-state index contributed by atoms with van der Waals surface area (Å²) in [6.07, 6.45) is 3.91. The zero-order chi connectivity index (χ0) is 72.4. The average molecular weight is 1380 g/mol. The molecule has 0 aliphatic heterocycles. The van der Waals surface area contributed by atoms with Crippen molar-refractivity contribution in [1.82, 2.24) is 0 Å². The lowest BCUT2D eigenvalue weighted by molar-refractivity contribution is 0.0359. The molecule has 8 aromatic rings. The van der Waals surface area contributed by atoms with Crippen LogP contribution in [0.5, 0.6) is 92.0 Å². The number of esters is 4. The maximum absolute atomic E-state index is 13.1. The molecule has 8 aromatic carbocycles. The van der Waals surface area contributed by atoms with E-state index in [1.165, 1.54) is 48.5 Å². The van der Waals surface area contributed by atoms with Crippen molar-refractivity contribution < 1.29 is 117 Å². The van der Waals surface area contributed by atoms with Crippen LogP contribution < -0.4 is 37.9 Å². The van der Waals surface area contributed by atoms with E-state index < -0.39 is 23.9 Å². The number of benzene rings is 8. The minimum atomic E-state index is -0.721. The fourth-order valence-corrected chi connectivity index (χ4v) is 11.5. The Labute approximate surface area is 578 Å². The van der Waals surface area contributed by atoms with Crippen molar-refractivity contribution in [3.8, 4) is 92.0 Å². The molecule has 4 atom stereocenters. The number of hydrogen-bond donors (Lipinski definition) is 8. The lowest BCUT2D eigenvalue weighted by Gasteiger charge is -2.28. The van der Waals surface area contributed by atoms with Crippen LogP contribution in [0.3, 0.4) is 0 Å². The molecular weight excluding hydrogens is 1300 g/mol. The van der Waals surface area contributed by atoms with Crippen LogP contribution in [0.1, 0.15) is 89.4 Å². The third kappa shape index (κ3) is 22.2. The monoisotopic (exact) mass is 1380 g/mol. The first-order valence-electron chi connectivity index (χ1n) is 31.7. The summed E-state index contributed by atoms with van der Waals surface area (Å²) in [6.45, 7) is 0.0417. The summed E-state index contributed by atoms with van der Waals surface area (Å²) in [5.74, 6) is -1.39. The fraction of sp³-hybridized carbons (Fsp3) is 0.316. The third-order valence-electron chi connectivity index (χ3n) is 16.4. The van der Waals surface area contributed by atoms with Crippen LogP contribution >= 0.6 is 0 Å². The molecule has 8 N–H and O–H groups in total. The number of ether oxygens (including phenoxy) is 12. The molecule has 0 spiro atoms. The second-order valence-corrected chi connectivity index (χ2v) is 23.3. The Morgan fingerprint density at radius 2 is 0.480 bits per heavy atom. The first kappa shape index (κ1) is 75.8. The normalized spacial score (nSPS) is 12.0. The molecule has 0 aliphatic rings. The molecule has 0 saturated heterocycles. The lowest BCUT2D eigenvalue weighted by atomic mass is 9.80. The highest BCUT2D eigenvalue weighted by atomic mass is 16.6. The van der Waals surface area contributed by atoms with Crippen LogP contribution in [0, 0.1) is 23.7 Å². The first-order chi connectivity index (χ1) is 48.0. The van der Waals surface area contributed by atoms with Crippen LogP contribution in [0.15, 0.2) is 146 Å². The van der Waals surface area contributed by atoms with E-state index in [1.54, 1.807) is 69.0 Å². The number of carbonyl (C=O) groups is 4. The van der Waals surface area contributed by atoms with Crippen molar-refractivity contribution in [2.24, 2.45) is 23.7 Å². The molecule has 532 valence electrons. The molecule has 0 amide bonds. The smallest absolute Gasteiger partial charge is 0.338 e. The Bertz CT molecular complexity index is 3720. The van der Waals surface area contributed by atoms with Crippen LogP contribution in [0.2, 0.25) is 0 Å². The van der Waals surface area contributed by atoms with Crippen LogP contribution in [-0.2, 0) is 44.6 Å². The largest absolute Gasteiger partial charge is 0.508 e. The van der Waals surface area contributed by atoms with E-state index in [-0.39, 0.29) is 118 Å². The quantitative estimate of drug-likeness (QED) is 0.0105. The van der Waals surface area contributed by atoms with Gasteiger partial charge in [0.05, 0.1) is 106 Å². The maximum Gasteiger partial charge on any atom is 0.338 e. The van der Waals surface area contributed by atoms with Crippen LogP contribution in [-0.4, -0.2) is 148 Å². The third-order valence-corrected chi connectivity index (χ3v) is 16.4. The molecule has 0 bridgehead atoms. The maximum atomic E-state index is 13.1. The molecule has 0 aliphatic carbocycles. The van der Waals surface area contributed by atoms with E-state index >= 15 is 0 Å². The standard InChI is InChI=1S/2C38H42O12/c2*1-45-33-9-7-23(14-35(33)47-3)12-25(6-5-11-49-37(43)26-16-29(39)20-30(40)17-26)28(13-24-8-10-34(46-2)36(15-24)48-4)22-50-38(44)27-18-31(41)21-32(42)19-27/h2*7-10,14-21,25,28,39-42H,5-6,11-13,22H2,1-4H3/t2*25-,28+/m10/s1. The van der Waals surface area contributed by atoms with Gasteiger partial charge in [0.15, 0.2) is 46.0 Å². The summed E-state index contributed by atoms with van der Waals surface area (Å²) in [6, 6.07) is 36.6. The predicted octanol–water partition coefficient (Wildman–Crippen LogP) is 12.1. The molecular formula is C76H84O24. The predicted molar refractivity (Wildman–Crippen MR) is 366 cm³/mol. The minimum Gasteiger partial charge on any atom is -0.508 e. The van der Waals surface area contributed by atoms with Gasteiger partial charge in [0, 0.05) is 36.1 Å². The van der Waals surface area contributed by atoms with E-state index in [2.05, 4.69) is 0 Å². The SMILES string of the molecule is COc1ccc(C[C@@H](CCCOC(=O)c2cc(O)cc(O)c2)[C@H](COC(=O)c2cc(O)cc(O)c2)Cc2ccc(OC)c(OC)c2)cc1OC.COc1ccc(C[C@H](CCCOC(=O)c2cc(O)cc(O)c2)[C@@H](COC(=O)c2cc(O)cc(O)c2)Cc2ccc(OC)c(OC)c2)cc1OC. The van der Waals surface area contributed by atoms with Crippen molar-refractivity contribution in [1.29, 1.82) is 0 Å². The van der Waals surface area contributed by atoms with Gasteiger partial charge in [-0.1, -0.05) is 24.3 Å². The highest BCUT2D eigenvalue weighted by molar-refractivity contribution is 5.92. The van der Waals surface area contributed by atoms with Gasteiger partial charge in [-0.15, -0.1) is 0 Å². The molecule has 0 heterocycles. The fourth-order valence-electron chi connectivity index (χ4n) is 11.5. The molecule has 24 heteroatoms. The average Bonchev–Trinajstić information content (AvgIpc) is 0.846. The van der Waals surface area contributed by atoms with Gasteiger partial charge in [-0.3, -0.25) is 0 Å². The zero-order valence-electron chi connectivity index (χ0n) is 56.8. The van der Waals surface area contributed by atoms with Gasteiger partial charge in [0.2, 0.25) is 0 Å². The Morgan fingerprint density at radius 3 is 0.700 bits per heavy atom. The van der Waals surface area contributed by atoms with Crippen molar-refractivity contribution in [2.75, 3.05) is 83.3 Å². The number of hydrogen-bond acceptors (Lipinski definition) is 24. The number of aromatic hydroxyl groups is 8. The van der Waals surface area contributed by atoms with Gasteiger partial charge in [-0.05, 0) is 183 Å². The number of carbonyl (C=O) groups excluding carboxylic acids is 4. The van der Waals surface area contributed by atoms with Crippen molar-refractivity contribution in [3.05, 3.63) is 190 Å². The summed E-state index contributed by atoms with van der Waals surface area (Å²) in [5.41, 5.74) is 3.67. The summed E-state index contributed by atoms with van der Waals surface area (Å²) in [4.78, 5) is 51.6. The van der Waals surface area contributed by atoms with Gasteiger partial charge in [0.25, 0.3) is 0 Å². The topological polar surface area (TPSA) is 341 Å². The highest BCUT2D eigenvalue weighted by Gasteiger charge is 2.29. The Kier molecular flexibility index (Phi) is 28.2. The zero-order valence-corrected chi connectivity index (χ0v) is 56.8. The van der Waals surface area contributed by atoms with E-state index in [9.17, 15) is 60.0 Å². The highest BCUT2D eigenvalue weighted by Crippen LogP contribution is 2.38. The second-order valence-electron chi connectivity index (χ2n) is 23.3. The Balaban J connectivity index is 0.000000281. The molecule has 0 fully saturated rings. The van der Waals surface area contributed by atoms with Gasteiger partial charge >= 0.3 is 23.9 Å². The van der Waals surface area contributed by atoms with Crippen molar-refractivity contribution in [2.45, 2.75) is 51.4 Å². The second kappa shape index (κ2) is 37.2. The van der Waals surface area contributed by atoms with Crippen molar-refractivity contribution in [3.63, 3.8) is 0 Å². The molecule has 0 saturated carbocycles.